The van der Waals surface area contributed by atoms with Crippen molar-refractivity contribution in [2.75, 3.05) is 5.32 Å². The molecule has 2 amide bonds. The van der Waals surface area contributed by atoms with E-state index in [2.05, 4.69) is 15.6 Å². The van der Waals surface area contributed by atoms with Gasteiger partial charge in [0.05, 0.1) is 17.4 Å². The minimum absolute atomic E-state index is 0.00210. The lowest BCUT2D eigenvalue weighted by Crippen LogP contribution is -2.32. The lowest BCUT2D eigenvalue weighted by molar-refractivity contribution is 0.0521. The van der Waals surface area contributed by atoms with Gasteiger partial charge in [-0.15, -0.1) is 0 Å². The van der Waals surface area contributed by atoms with Crippen molar-refractivity contribution < 1.29 is 28.6 Å². The zero-order valence-corrected chi connectivity index (χ0v) is 18.9. The molecule has 8 nitrogen and oxygen atoms in total. The number of nitrogens with zero attached hydrogens (tertiary/aromatic N) is 1. The van der Waals surface area contributed by atoms with E-state index < -0.39 is 29.4 Å². The summed E-state index contributed by atoms with van der Waals surface area (Å²) in [5.74, 6) is -2.38. The van der Waals surface area contributed by atoms with Crippen LogP contribution in [0.3, 0.4) is 0 Å². The van der Waals surface area contributed by atoms with Gasteiger partial charge in [-0.3, -0.25) is 9.78 Å². The van der Waals surface area contributed by atoms with Crippen LogP contribution in [0.15, 0.2) is 60.9 Å². The Hall–Kier alpha value is -4.27. The maximum atomic E-state index is 13.9. The highest BCUT2D eigenvalue weighted by molar-refractivity contribution is 6.05. The molecule has 1 aromatic heterocycles. The molecule has 0 atom stereocenters. The fourth-order valence-electron chi connectivity index (χ4n) is 3.22. The Kier molecular flexibility index (Phi) is 7.25. The van der Waals surface area contributed by atoms with E-state index in [1.54, 1.807) is 57.2 Å². The number of halogens is 1. The number of amides is 2. The third-order valence-electron chi connectivity index (χ3n) is 4.67. The topological polar surface area (TPSA) is 118 Å². The number of aromatic carboxylic acids is 1. The van der Waals surface area contributed by atoms with Crippen LogP contribution in [-0.2, 0) is 11.3 Å². The molecule has 0 saturated carbocycles. The maximum Gasteiger partial charge on any atom is 0.407 e. The number of carboxylic acid groups (broad SMARTS) is 1. The summed E-state index contributed by atoms with van der Waals surface area (Å²) in [6.45, 7) is 5.05. The molecule has 34 heavy (non-hydrogen) atoms. The Morgan fingerprint density at radius 3 is 2.50 bits per heavy atom. The smallest absolute Gasteiger partial charge is 0.407 e. The number of aromatic nitrogens is 1. The third kappa shape index (κ3) is 6.16. The number of hydrogen-bond acceptors (Lipinski definition) is 5. The number of alkyl carbamates (subject to hydrolysis) is 1. The molecule has 3 N–H and O–H groups in total. The van der Waals surface area contributed by atoms with E-state index >= 15 is 0 Å². The summed E-state index contributed by atoms with van der Waals surface area (Å²) < 4.78 is 19.1. The summed E-state index contributed by atoms with van der Waals surface area (Å²) in [6, 6.07) is 12.5. The fraction of sp³-hybridized carbons (Fsp3) is 0.200. The molecule has 0 aliphatic heterocycles. The largest absolute Gasteiger partial charge is 0.478 e. The highest BCUT2D eigenvalue weighted by Crippen LogP contribution is 2.28. The second-order valence-corrected chi connectivity index (χ2v) is 8.38. The van der Waals surface area contributed by atoms with Gasteiger partial charge in [-0.2, -0.15) is 0 Å². The van der Waals surface area contributed by atoms with Gasteiger partial charge in [-0.25, -0.2) is 14.0 Å². The lowest BCUT2D eigenvalue weighted by atomic mass is 9.94. The van der Waals surface area contributed by atoms with Gasteiger partial charge in [0.25, 0.3) is 5.91 Å². The SMILES string of the molecule is CC(C)(C)OC(=O)NCc1c(C(=O)O)cccc1-c1cccc(C(=O)Nc2ccncc2F)c1. The van der Waals surface area contributed by atoms with E-state index in [0.29, 0.717) is 16.7 Å². The molecule has 0 aliphatic carbocycles. The Morgan fingerprint density at radius 1 is 1.09 bits per heavy atom. The summed E-state index contributed by atoms with van der Waals surface area (Å²) in [5, 5.41) is 14.7. The molecule has 2 aromatic carbocycles. The van der Waals surface area contributed by atoms with E-state index in [9.17, 15) is 23.9 Å². The summed E-state index contributed by atoms with van der Waals surface area (Å²) in [6.07, 6.45) is 1.66. The van der Waals surface area contributed by atoms with Crippen molar-refractivity contribution in [3.63, 3.8) is 0 Å². The van der Waals surface area contributed by atoms with E-state index in [1.165, 1.54) is 18.3 Å². The van der Waals surface area contributed by atoms with Gasteiger partial charge in [-0.05, 0) is 61.7 Å². The molecule has 0 unspecified atom stereocenters. The molecule has 0 bridgehead atoms. The standard InChI is InChI=1S/C25H24FN3O5/c1-25(2,3)34-24(33)28-13-19-17(8-5-9-18(19)23(31)32)15-6-4-7-16(12-15)22(30)29-21-10-11-27-14-20(21)26/h4-12,14H,13H2,1-3H3,(H,28,33)(H,31,32)(H,27,29,30). The summed E-state index contributed by atoms with van der Waals surface area (Å²) >= 11 is 0. The summed E-state index contributed by atoms with van der Waals surface area (Å²) in [7, 11) is 0. The zero-order valence-electron chi connectivity index (χ0n) is 18.9. The molecule has 0 aliphatic rings. The van der Waals surface area contributed by atoms with E-state index in [1.807, 2.05) is 0 Å². The third-order valence-corrected chi connectivity index (χ3v) is 4.67. The summed E-state index contributed by atoms with van der Waals surface area (Å²) in [5.41, 5.74) is 0.921. The number of carbonyl (C=O) groups is 3. The molecular weight excluding hydrogens is 441 g/mol. The van der Waals surface area contributed by atoms with Crippen LogP contribution in [0.25, 0.3) is 11.1 Å². The quantitative estimate of drug-likeness (QED) is 0.478. The van der Waals surface area contributed by atoms with Gasteiger partial charge in [0.1, 0.15) is 5.60 Å². The lowest BCUT2D eigenvalue weighted by Gasteiger charge is -2.20. The van der Waals surface area contributed by atoms with Crippen LogP contribution >= 0.6 is 0 Å². The number of ether oxygens (including phenoxy) is 1. The molecule has 1 heterocycles. The predicted molar refractivity (Wildman–Crippen MR) is 124 cm³/mol. The highest BCUT2D eigenvalue weighted by Gasteiger charge is 2.20. The predicted octanol–water partition coefficient (Wildman–Crippen LogP) is 4.86. The number of hydrogen-bond donors (Lipinski definition) is 3. The van der Waals surface area contributed by atoms with Crippen LogP contribution < -0.4 is 10.6 Å². The van der Waals surface area contributed by atoms with Crippen molar-refractivity contribution in [2.24, 2.45) is 0 Å². The first-order valence-electron chi connectivity index (χ1n) is 10.4. The van der Waals surface area contributed by atoms with Crippen LogP contribution in [0, 0.1) is 5.82 Å². The molecular formula is C25H24FN3O5. The molecule has 3 rings (SSSR count). The van der Waals surface area contributed by atoms with E-state index in [-0.39, 0.29) is 23.4 Å². The van der Waals surface area contributed by atoms with Crippen LogP contribution in [-0.4, -0.2) is 33.7 Å². The minimum Gasteiger partial charge on any atom is -0.478 e. The highest BCUT2D eigenvalue weighted by atomic mass is 19.1. The van der Waals surface area contributed by atoms with Gasteiger partial charge >= 0.3 is 12.1 Å². The van der Waals surface area contributed by atoms with Gasteiger partial charge in [0, 0.05) is 18.3 Å². The molecule has 176 valence electrons. The Bertz CT molecular complexity index is 1240. The fourth-order valence-corrected chi connectivity index (χ4v) is 3.22. The van der Waals surface area contributed by atoms with Crippen LogP contribution in [0.2, 0.25) is 0 Å². The van der Waals surface area contributed by atoms with Crippen molar-refractivity contribution in [3.8, 4) is 11.1 Å². The Balaban J connectivity index is 1.92. The number of anilines is 1. The number of carboxylic acids is 1. The van der Waals surface area contributed by atoms with Gasteiger partial charge in [0.2, 0.25) is 0 Å². The van der Waals surface area contributed by atoms with Crippen molar-refractivity contribution in [1.82, 2.24) is 10.3 Å². The normalized spacial score (nSPS) is 10.9. The van der Waals surface area contributed by atoms with E-state index in [0.717, 1.165) is 6.20 Å². The first-order valence-corrected chi connectivity index (χ1v) is 10.4. The number of carbonyl (C=O) groups excluding carboxylic acids is 2. The molecule has 0 saturated heterocycles. The first kappa shape index (κ1) is 24.4. The zero-order chi connectivity index (χ0) is 24.9. The maximum absolute atomic E-state index is 13.9. The minimum atomic E-state index is -1.16. The summed E-state index contributed by atoms with van der Waals surface area (Å²) in [4.78, 5) is 40.3. The monoisotopic (exact) mass is 465 g/mol. The average molecular weight is 465 g/mol. The average Bonchev–Trinajstić information content (AvgIpc) is 2.77. The molecule has 0 spiro atoms. The first-order chi connectivity index (χ1) is 16.0. The number of benzene rings is 2. The van der Waals surface area contributed by atoms with E-state index in [4.69, 9.17) is 4.74 Å². The van der Waals surface area contributed by atoms with Crippen molar-refractivity contribution in [3.05, 3.63) is 83.4 Å². The molecule has 0 fully saturated rings. The number of pyridine rings is 1. The Labute approximate surface area is 195 Å². The van der Waals surface area contributed by atoms with Crippen molar-refractivity contribution >= 4 is 23.7 Å². The molecule has 9 heteroatoms. The molecule has 3 aromatic rings. The van der Waals surface area contributed by atoms with Crippen LogP contribution in [0.4, 0.5) is 14.9 Å². The second-order valence-electron chi connectivity index (χ2n) is 8.38. The van der Waals surface area contributed by atoms with Crippen molar-refractivity contribution in [2.45, 2.75) is 32.9 Å². The van der Waals surface area contributed by atoms with Gasteiger partial charge < -0.3 is 20.5 Å². The van der Waals surface area contributed by atoms with Gasteiger partial charge in [0.15, 0.2) is 5.82 Å². The number of nitrogens with one attached hydrogen (secondary N) is 2. The second kappa shape index (κ2) is 10.1. The Morgan fingerprint density at radius 2 is 1.82 bits per heavy atom. The van der Waals surface area contributed by atoms with Gasteiger partial charge in [-0.1, -0.05) is 24.3 Å². The number of rotatable bonds is 6. The van der Waals surface area contributed by atoms with Crippen LogP contribution in [0.5, 0.6) is 0 Å². The van der Waals surface area contributed by atoms with Crippen LogP contribution in [0.1, 0.15) is 47.1 Å². The molecule has 0 radical (unpaired) electrons. The van der Waals surface area contributed by atoms with Crippen molar-refractivity contribution in [1.29, 1.82) is 0 Å².